The third-order valence-electron chi connectivity index (χ3n) is 14.2. The maximum absolute atomic E-state index is 2.41. The average Bonchev–Trinajstić information content (AvgIpc) is 3.97. The summed E-state index contributed by atoms with van der Waals surface area (Å²) in [5.41, 5.74) is 14.1. The van der Waals surface area contributed by atoms with Crippen LogP contribution < -0.4 is 4.90 Å². The van der Waals surface area contributed by atoms with E-state index in [0.717, 1.165) is 22.7 Å². The third kappa shape index (κ3) is 6.47. The standard InChI is InChI=1S/C66H42N2S/c1-2-13-48(14-3-1)67(50-37-29-45(30-38-50)52-21-12-24-65-66(52)59-20-9-11-23-64(59)69-65)49-33-25-44(26-34-49)47-32-40-63-61(42-47)58-19-8-10-22-62(58)68(63)51-35-27-43(28-36-51)46-31-39-57-55-17-5-4-15-53(55)54-16-6-7-18-56(54)60(57)41-46/h1-42H. The first-order valence-corrected chi connectivity index (χ1v) is 24.5. The molecule has 0 atom stereocenters. The minimum absolute atomic E-state index is 1.11. The Hall–Kier alpha value is -8.76. The van der Waals surface area contributed by atoms with Crippen molar-refractivity contribution in [2.75, 3.05) is 4.90 Å². The number of anilines is 3. The van der Waals surface area contributed by atoms with Crippen LogP contribution in [-0.4, -0.2) is 4.57 Å². The molecule has 0 aliphatic carbocycles. The fourth-order valence-corrected chi connectivity index (χ4v) is 12.1. The molecule has 0 saturated carbocycles. The van der Waals surface area contributed by atoms with Gasteiger partial charge in [0.05, 0.1) is 11.0 Å². The summed E-state index contributed by atoms with van der Waals surface area (Å²) in [5.74, 6) is 0. The molecule has 12 aromatic carbocycles. The van der Waals surface area contributed by atoms with Gasteiger partial charge in [-0.3, -0.25) is 0 Å². The van der Waals surface area contributed by atoms with Crippen molar-refractivity contribution in [1.82, 2.24) is 4.57 Å². The lowest BCUT2D eigenvalue weighted by Gasteiger charge is -2.26. The summed E-state index contributed by atoms with van der Waals surface area (Å²) in [4.78, 5) is 2.35. The molecular weight excluding hydrogens is 853 g/mol. The van der Waals surface area contributed by atoms with Gasteiger partial charge in [-0.15, -0.1) is 11.3 Å². The Morgan fingerprint density at radius 3 is 1.42 bits per heavy atom. The monoisotopic (exact) mass is 894 g/mol. The highest BCUT2D eigenvalue weighted by Gasteiger charge is 2.18. The second kappa shape index (κ2) is 16.0. The average molecular weight is 895 g/mol. The Balaban J connectivity index is 0.793. The van der Waals surface area contributed by atoms with Crippen molar-refractivity contribution >= 4 is 103 Å². The molecule has 0 unspecified atom stereocenters. The molecular formula is C66H42N2S. The second-order valence-electron chi connectivity index (χ2n) is 18.0. The first kappa shape index (κ1) is 39.4. The fraction of sp³-hybridized carbons (Fsp3) is 0. The molecule has 0 aliphatic rings. The van der Waals surface area contributed by atoms with E-state index in [0.29, 0.717) is 0 Å². The summed E-state index contributed by atoms with van der Waals surface area (Å²) in [5, 5.41) is 12.9. The molecule has 69 heavy (non-hydrogen) atoms. The zero-order valence-electron chi connectivity index (χ0n) is 37.6. The molecule has 14 aromatic rings. The summed E-state index contributed by atoms with van der Waals surface area (Å²) < 4.78 is 5.05. The van der Waals surface area contributed by atoms with Gasteiger partial charge in [0.15, 0.2) is 0 Å². The van der Waals surface area contributed by atoms with E-state index in [9.17, 15) is 0 Å². The summed E-state index contributed by atoms with van der Waals surface area (Å²) in [7, 11) is 0. The van der Waals surface area contributed by atoms with Crippen LogP contribution >= 0.6 is 11.3 Å². The van der Waals surface area contributed by atoms with Crippen LogP contribution in [0.15, 0.2) is 255 Å². The Labute approximate surface area is 403 Å². The molecule has 0 spiro atoms. The second-order valence-corrected chi connectivity index (χ2v) is 19.1. The highest BCUT2D eigenvalue weighted by atomic mass is 32.1. The molecule has 322 valence electrons. The van der Waals surface area contributed by atoms with Gasteiger partial charge < -0.3 is 9.47 Å². The van der Waals surface area contributed by atoms with Gasteiger partial charge in [-0.05, 0) is 151 Å². The van der Waals surface area contributed by atoms with Gasteiger partial charge in [0.1, 0.15) is 0 Å². The van der Waals surface area contributed by atoms with E-state index in [1.54, 1.807) is 0 Å². The molecule has 0 radical (unpaired) electrons. The number of hydrogen-bond donors (Lipinski definition) is 0. The van der Waals surface area contributed by atoms with Gasteiger partial charge in [0.25, 0.3) is 0 Å². The molecule has 3 heteroatoms. The lowest BCUT2D eigenvalue weighted by molar-refractivity contribution is 1.18. The number of hydrogen-bond acceptors (Lipinski definition) is 2. The Kier molecular flexibility index (Phi) is 9.11. The van der Waals surface area contributed by atoms with Crippen molar-refractivity contribution in [2.45, 2.75) is 0 Å². The quantitative estimate of drug-likeness (QED) is 0.145. The number of rotatable bonds is 7. The van der Waals surface area contributed by atoms with Gasteiger partial charge in [0, 0.05) is 53.7 Å². The maximum atomic E-state index is 2.41. The van der Waals surface area contributed by atoms with Crippen molar-refractivity contribution < 1.29 is 0 Å². The van der Waals surface area contributed by atoms with E-state index in [1.807, 2.05) is 11.3 Å². The van der Waals surface area contributed by atoms with Crippen molar-refractivity contribution in [2.24, 2.45) is 0 Å². The van der Waals surface area contributed by atoms with Crippen LogP contribution in [0, 0.1) is 0 Å². The van der Waals surface area contributed by atoms with Gasteiger partial charge in [0.2, 0.25) is 0 Å². The lowest BCUT2D eigenvalue weighted by atomic mass is 9.92. The Morgan fingerprint density at radius 2 is 0.739 bits per heavy atom. The first-order valence-electron chi connectivity index (χ1n) is 23.7. The molecule has 0 saturated heterocycles. The smallest absolute Gasteiger partial charge is 0.0541 e. The summed E-state index contributed by atoms with van der Waals surface area (Å²) in [6, 6.07) is 93.5. The fourth-order valence-electron chi connectivity index (χ4n) is 11.0. The summed E-state index contributed by atoms with van der Waals surface area (Å²) in [6.07, 6.45) is 0. The molecule has 0 aliphatic heterocycles. The third-order valence-corrected chi connectivity index (χ3v) is 15.3. The maximum Gasteiger partial charge on any atom is 0.0541 e. The van der Waals surface area contributed by atoms with Gasteiger partial charge in [-0.25, -0.2) is 0 Å². The number of aromatic nitrogens is 1. The molecule has 0 bridgehead atoms. The topological polar surface area (TPSA) is 8.17 Å². The number of thiophene rings is 1. The Morgan fingerprint density at radius 1 is 0.275 bits per heavy atom. The minimum atomic E-state index is 1.11. The molecule has 2 heterocycles. The highest BCUT2D eigenvalue weighted by molar-refractivity contribution is 7.25. The highest BCUT2D eigenvalue weighted by Crippen LogP contribution is 2.43. The van der Waals surface area contributed by atoms with Crippen LogP contribution in [0.2, 0.25) is 0 Å². The van der Waals surface area contributed by atoms with E-state index in [4.69, 9.17) is 0 Å². The van der Waals surface area contributed by atoms with E-state index < -0.39 is 0 Å². The van der Waals surface area contributed by atoms with Crippen LogP contribution in [0.3, 0.4) is 0 Å². The van der Waals surface area contributed by atoms with Gasteiger partial charge >= 0.3 is 0 Å². The number of fused-ring (bicyclic) bond motifs is 12. The van der Waals surface area contributed by atoms with Gasteiger partial charge in [-0.2, -0.15) is 0 Å². The molecule has 14 rings (SSSR count). The SMILES string of the molecule is c1ccc(N(c2ccc(-c3ccc4c(c3)c3ccccc3n4-c3ccc(-c4ccc5c6ccccc6c6ccccc6c5c4)cc3)cc2)c2ccc(-c3cccc4sc5ccccc5c34)cc2)cc1. The Bertz CT molecular complexity index is 4240. The predicted molar refractivity (Wildman–Crippen MR) is 297 cm³/mol. The number of para-hydroxylation sites is 2. The largest absolute Gasteiger partial charge is 0.311 e. The van der Waals surface area contributed by atoms with E-state index in [1.165, 1.54) is 108 Å². The van der Waals surface area contributed by atoms with Crippen molar-refractivity contribution in [1.29, 1.82) is 0 Å². The minimum Gasteiger partial charge on any atom is -0.311 e. The van der Waals surface area contributed by atoms with Crippen LogP contribution in [0.1, 0.15) is 0 Å². The van der Waals surface area contributed by atoms with E-state index >= 15 is 0 Å². The summed E-state index contributed by atoms with van der Waals surface area (Å²) >= 11 is 1.86. The molecule has 0 N–H and O–H groups in total. The number of benzene rings is 12. The zero-order valence-corrected chi connectivity index (χ0v) is 38.4. The number of nitrogens with zero attached hydrogens (tertiary/aromatic N) is 2. The molecule has 2 aromatic heterocycles. The van der Waals surface area contributed by atoms with Gasteiger partial charge in [-0.1, -0.05) is 170 Å². The molecule has 0 fully saturated rings. The predicted octanol–water partition coefficient (Wildman–Crippen LogP) is 19.1. The van der Waals surface area contributed by atoms with Crippen molar-refractivity contribution in [3.63, 3.8) is 0 Å². The van der Waals surface area contributed by atoms with Crippen LogP contribution in [0.4, 0.5) is 17.1 Å². The van der Waals surface area contributed by atoms with Crippen LogP contribution in [0.25, 0.3) is 113 Å². The van der Waals surface area contributed by atoms with Crippen molar-refractivity contribution in [3.8, 4) is 39.1 Å². The molecule has 0 amide bonds. The first-order chi connectivity index (χ1) is 34.2. The normalized spacial score (nSPS) is 11.8. The van der Waals surface area contributed by atoms with Crippen LogP contribution in [0.5, 0.6) is 0 Å². The van der Waals surface area contributed by atoms with Crippen molar-refractivity contribution in [3.05, 3.63) is 255 Å². The van der Waals surface area contributed by atoms with Crippen LogP contribution in [-0.2, 0) is 0 Å². The lowest BCUT2D eigenvalue weighted by Crippen LogP contribution is -2.09. The summed E-state index contributed by atoms with van der Waals surface area (Å²) in [6.45, 7) is 0. The molecule has 2 nitrogen and oxygen atoms in total. The van der Waals surface area contributed by atoms with E-state index in [-0.39, 0.29) is 0 Å². The zero-order chi connectivity index (χ0) is 45.4. The van der Waals surface area contributed by atoms with E-state index in [2.05, 4.69) is 264 Å².